The van der Waals surface area contributed by atoms with Gasteiger partial charge < -0.3 is 21.1 Å². The topological polar surface area (TPSA) is 113 Å². The fourth-order valence-corrected chi connectivity index (χ4v) is 2.76. The summed E-state index contributed by atoms with van der Waals surface area (Å²) < 4.78 is 0. The number of amides is 3. The van der Waals surface area contributed by atoms with Crippen LogP contribution in [0, 0.1) is 11.8 Å². The molecule has 4 atom stereocenters. The molecule has 21 heavy (non-hydrogen) atoms. The third-order valence-corrected chi connectivity index (χ3v) is 4.13. The van der Waals surface area contributed by atoms with Gasteiger partial charge in [0.2, 0.25) is 5.91 Å². The van der Waals surface area contributed by atoms with Crippen molar-refractivity contribution in [1.29, 1.82) is 0 Å². The maximum Gasteiger partial charge on any atom is 0.326 e. The minimum Gasteiger partial charge on any atom is -0.480 e. The van der Waals surface area contributed by atoms with Gasteiger partial charge in [-0.25, -0.2) is 9.59 Å². The molecule has 0 saturated carbocycles. The molecule has 0 aliphatic carbocycles. The van der Waals surface area contributed by atoms with Crippen molar-refractivity contribution >= 4 is 17.9 Å². The Morgan fingerprint density at radius 3 is 2.48 bits per heavy atom. The number of hydrogen-bond acceptors (Lipinski definition) is 3. The zero-order valence-electron chi connectivity index (χ0n) is 12.8. The molecule has 0 bridgehead atoms. The minimum atomic E-state index is -1.16. The molecular formula is C14H25N3O4. The lowest BCUT2D eigenvalue weighted by Gasteiger charge is -2.41. The molecule has 4 unspecified atom stereocenters. The highest BCUT2D eigenvalue weighted by molar-refractivity contribution is 5.83. The van der Waals surface area contributed by atoms with Gasteiger partial charge in [0.15, 0.2) is 0 Å². The van der Waals surface area contributed by atoms with Crippen LogP contribution < -0.4 is 11.1 Å². The molecule has 7 nitrogen and oxygen atoms in total. The first-order valence-corrected chi connectivity index (χ1v) is 7.30. The lowest BCUT2D eigenvalue weighted by Crippen LogP contribution is -2.55. The fourth-order valence-electron chi connectivity index (χ4n) is 2.76. The summed E-state index contributed by atoms with van der Waals surface area (Å²) in [5.74, 6) is -0.983. The van der Waals surface area contributed by atoms with Crippen molar-refractivity contribution in [2.75, 3.05) is 6.54 Å². The summed E-state index contributed by atoms with van der Waals surface area (Å²) in [6.07, 6.45) is 0.984. The van der Waals surface area contributed by atoms with Crippen LogP contribution in [0.1, 0.15) is 40.0 Å². The van der Waals surface area contributed by atoms with Crippen LogP contribution in [0.5, 0.6) is 0 Å². The number of carboxylic acid groups (broad SMARTS) is 1. The number of nitrogens with zero attached hydrogens (tertiary/aromatic N) is 1. The average molecular weight is 299 g/mol. The van der Waals surface area contributed by atoms with Gasteiger partial charge in [-0.2, -0.15) is 0 Å². The standard InChI is InChI=1S/C14H25N3O4/c1-8-6-9(2)10(3)17(7-8)14(21)16-11(13(19)20)4-5-12(15)18/h8-11H,4-7H2,1-3H3,(H2,15,18)(H,16,21)(H,19,20). The molecule has 3 amide bonds. The van der Waals surface area contributed by atoms with E-state index in [0.717, 1.165) is 6.42 Å². The second kappa shape index (κ2) is 7.28. The Bertz CT molecular complexity index is 413. The Morgan fingerprint density at radius 2 is 1.95 bits per heavy atom. The highest BCUT2D eigenvalue weighted by Gasteiger charge is 2.33. The van der Waals surface area contributed by atoms with Crippen molar-refractivity contribution in [1.82, 2.24) is 10.2 Å². The van der Waals surface area contributed by atoms with Gasteiger partial charge in [0.1, 0.15) is 6.04 Å². The number of carbonyl (C=O) groups excluding carboxylic acids is 2. The van der Waals surface area contributed by atoms with Crippen molar-refractivity contribution in [3.63, 3.8) is 0 Å². The van der Waals surface area contributed by atoms with Crippen molar-refractivity contribution in [2.24, 2.45) is 17.6 Å². The lowest BCUT2D eigenvalue weighted by atomic mass is 9.86. The van der Waals surface area contributed by atoms with Gasteiger partial charge in [0.05, 0.1) is 0 Å². The molecule has 1 aliphatic rings. The summed E-state index contributed by atoms with van der Waals surface area (Å²) in [4.78, 5) is 35.9. The van der Waals surface area contributed by atoms with E-state index < -0.39 is 23.9 Å². The Labute approximate surface area is 124 Å². The van der Waals surface area contributed by atoms with E-state index in [1.165, 1.54) is 0 Å². The van der Waals surface area contributed by atoms with E-state index in [-0.39, 0.29) is 18.9 Å². The van der Waals surface area contributed by atoms with Gasteiger partial charge >= 0.3 is 12.0 Å². The molecule has 4 N–H and O–H groups in total. The number of nitrogens with two attached hydrogens (primary N) is 1. The molecule has 1 saturated heterocycles. The van der Waals surface area contributed by atoms with Gasteiger partial charge in [-0.15, -0.1) is 0 Å². The van der Waals surface area contributed by atoms with E-state index in [2.05, 4.69) is 19.2 Å². The van der Waals surface area contributed by atoms with Crippen LogP contribution in [0.4, 0.5) is 4.79 Å². The van der Waals surface area contributed by atoms with E-state index in [9.17, 15) is 14.4 Å². The zero-order chi connectivity index (χ0) is 16.2. The first-order valence-electron chi connectivity index (χ1n) is 7.30. The predicted molar refractivity (Wildman–Crippen MR) is 77.5 cm³/mol. The van der Waals surface area contributed by atoms with E-state index in [4.69, 9.17) is 10.8 Å². The van der Waals surface area contributed by atoms with E-state index >= 15 is 0 Å². The third-order valence-electron chi connectivity index (χ3n) is 4.13. The van der Waals surface area contributed by atoms with E-state index in [1.807, 2.05) is 6.92 Å². The number of likely N-dealkylation sites (tertiary alicyclic amines) is 1. The number of primary amides is 1. The highest BCUT2D eigenvalue weighted by Crippen LogP contribution is 2.26. The molecule has 0 aromatic carbocycles. The molecule has 1 rings (SSSR count). The monoisotopic (exact) mass is 299 g/mol. The van der Waals surface area contributed by atoms with Crippen LogP contribution in [-0.2, 0) is 9.59 Å². The predicted octanol–water partition coefficient (Wildman–Crippen LogP) is 0.781. The lowest BCUT2D eigenvalue weighted by molar-refractivity contribution is -0.139. The Balaban J connectivity index is 2.67. The Hall–Kier alpha value is -1.79. The summed E-state index contributed by atoms with van der Waals surface area (Å²) in [6.45, 7) is 6.74. The summed E-state index contributed by atoms with van der Waals surface area (Å²) in [5.41, 5.74) is 5.02. The van der Waals surface area contributed by atoms with Crippen LogP contribution >= 0.6 is 0 Å². The molecule has 0 aromatic rings. The number of carbonyl (C=O) groups is 3. The molecule has 0 radical (unpaired) electrons. The van der Waals surface area contributed by atoms with E-state index in [1.54, 1.807) is 4.90 Å². The molecule has 0 spiro atoms. The van der Waals surface area contributed by atoms with Gasteiger partial charge in [0.25, 0.3) is 0 Å². The molecule has 1 fully saturated rings. The second-order valence-corrected chi connectivity index (χ2v) is 6.06. The SMILES string of the molecule is CC1CC(C)C(C)N(C(=O)NC(CCC(N)=O)C(=O)O)C1. The highest BCUT2D eigenvalue weighted by atomic mass is 16.4. The minimum absolute atomic E-state index is 0.00371. The quantitative estimate of drug-likeness (QED) is 0.696. The maximum absolute atomic E-state index is 12.3. The van der Waals surface area contributed by atoms with Crippen molar-refractivity contribution < 1.29 is 19.5 Å². The largest absolute Gasteiger partial charge is 0.480 e. The molecule has 0 aromatic heterocycles. The fraction of sp³-hybridized carbons (Fsp3) is 0.786. The molecule has 7 heteroatoms. The van der Waals surface area contributed by atoms with Crippen LogP contribution in [0.25, 0.3) is 0 Å². The third kappa shape index (κ3) is 4.91. The summed E-state index contributed by atoms with van der Waals surface area (Å²) in [7, 11) is 0. The summed E-state index contributed by atoms with van der Waals surface area (Å²) >= 11 is 0. The molecule has 120 valence electrons. The summed E-state index contributed by atoms with van der Waals surface area (Å²) in [6, 6.07) is -1.42. The Kier molecular flexibility index (Phi) is 5.99. The van der Waals surface area contributed by atoms with Crippen LogP contribution in [0.3, 0.4) is 0 Å². The van der Waals surface area contributed by atoms with Crippen molar-refractivity contribution in [3.8, 4) is 0 Å². The number of carboxylic acids is 1. The van der Waals surface area contributed by atoms with Crippen LogP contribution in [0.15, 0.2) is 0 Å². The smallest absolute Gasteiger partial charge is 0.326 e. The van der Waals surface area contributed by atoms with E-state index in [0.29, 0.717) is 18.4 Å². The Morgan fingerprint density at radius 1 is 1.33 bits per heavy atom. The number of nitrogens with one attached hydrogen (secondary N) is 1. The van der Waals surface area contributed by atoms with Gasteiger partial charge in [-0.3, -0.25) is 4.79 Å². The van der Waals surface area contributed by atoms with Gasteiger partial charge in [-0.05, 0) is 31.6 Å². The van der Waals surface area contributed by atoms with Crippen molar-refractivity contribution in [2.45, 2.75) is 52.1 Å². The second-order valence-electron chi connectivity index (χ2n) is 6.06. The zero-order valence-corrected chi connectivity index (χ0v) is 12.8. The maximum atomic E-state index is 12.3. The average Bonchev–Trinajstić information content (AvgIpc) is 2.37. The van der Waals surface area contributed by atoms with Crippen LogP contribution in [-0.4, -0.2) is 46.5 Å². The first-order chi connectivity index (χ1) is 9.72. The number of rotatable bonds is 5. The first kappa shape index (κ1) is 17.3. The summed E-state index contributed by atoms with van der Waals surface area (Å²) in [5, 5.41) is 11.6. The number of aliphatic carboxylic acids is 1. The van der Waals surface area contributed by atoms with Gasteiger partial charge in [-0.1, -0.05) is 13.8 Å². The molecule has 1 heterocycles. The van der Waals surface area contributed by atoms with Crippen LogP contribution in [0.2, 0.25) is 0 Å². The number of hydrogen-bond donors (Lipinski definition) is 3. The normalized spacial score (nSPS) is 27.0. The number of urea groups is 1. The van der Waals surface area contributed by atoms with Crippen molar-refractivity contribution in [3.05, 3.63) is 0 Å². The molecular weight excluding hydrogens is 274 g/mol. The molecule has 1 aliphatic heterocycles. The number of piperidine rings is 1. The van der Waals surface area contributed by atoms with Gasteiger partial charge in [0, 0.05) is 19.0 Å².